The van der Waals surface area contributed by atoms with Gasteiger partial charge in [-0.15, -0.1) is 0 Å². The second-order valence-electron chi connectivity index (χ2n) is 5.03. The Balaban J connectivity index is 2.33. The van der Waals surface area contributed by atoms with Crippen molar-refractivity contribution in [3.05, 3.63) is 46.0 Å². The Labute approximate surface area is 131 Å². The molecule has 6 heteroatoms. The van der Waals surface area contributed by atoms with E-state index in [1.165, 1.54) is 23.1 Å². The number of non-ortho nitro benzene ring substituents is 1. The molecule has 0 aliphatic heterocycles. The van der Waals surface area contributed by atoms with Crippen molar-refractivity contribution in [1.29, 1.82) is 0 Å². The van der Waals surface area contributed by atoms with E-state index < -0.39 is 4.92 Å². The number of carbonyl (C=O) groups is 1. The molecule has 0 aromatic heterocycles. The molecule has 0 spiro atoms. The highest BCUT2D eigenvalue weighted by Crippen LogP contribution is 2.12. The molecule has 0 saturated carbocycles. The van der Waals surface area contributed by atoms with Gasteiger partial charge >= 0.3 is 0 Å². The summed E-state index contributed by atoms with van der Waals surface area (Å²) in [5, 5.41) is 13.4. The predicted octanol–water partition coefficient (Wildman–Crippen LogP) is 1.04. The normalized spacial score (nSPS) is 11.0. The molecule has 0 aliphatic rings. The van der Waals surface area contributed by atoms with Gasteiger partial charge in [0.05, 0.1) is 24.6 Å². The van der Waals surface area contributed by atoms with Gasteiger partial charge in [-0.05, 0) is 37.6 Å². The van der Waals surface area contributed by atoms with Gasteiger partial charge in [-0.25, -0.2) is 0 Å². The molecule has 0 bridgehead atoms. The lowest BCUT2D eigenvalue weighted by atomic mass is 10.2. The number of benzene rings is 1. The van der Waals surface area contributed by atoms with Crippen LogP contribution in [0.5, 0.6) is 0 Å². The molecule has 120 valence electrons. The summed E-state index contributed by atoms with van der Waals surface area (Å²) in [7, 11) is 0. The highest BCUT2D eigenvalue weighted by atomic mass is 16.6. The zero-order chi connectivity index (χ0) is 16.4. The van der Waals surface area contributed by atoms with Gasteiger partial charge in [0.25, 0.3) is 5.69 Å². The number of carbonyl (C=O) groups excluding carboxylic acids is 1. The fourth-order valence-corrected chi connectivity index (χ4v) is 2.09. The van der Waals surface area contributed by atoms with E-state index in [1.807, 2.05) is 0 Å². The fourth-order valence-electron chi connectivity index (χ4n) is 2.09. The first-order valence-electron chi connectivity index (χ1n) is 7.60. The molecule has 22 heavy (non-hydrogen) atoms. The summed E-state index contributed by atoms with van der Waals surface area (Å²) in [4.78, 5) is 23.3. The standard InChI is InChI=1S/C16H23N3O3/c1-3-18(4-2)13-5-12-17-16(20)11-8-14-6-9-15(10-7-14)19(21)22/h6-11H,3-5,12-13H2,1-2H3,(H,17,20)/p+1/b11-8+. The van der Waals surface area contributed by atoms with E-state index >= 15 is 0 Å². The molecule has 0 atom stereocenters. The van der Waals surface area contributed by atoms with Crippen LogP contribution >= 0.6 is 0 Å². The average molecular weight is 306 g/mol. The van der Waals surface area contributed by atoms with Crippen LogP contribution in [0.1, 0.15) is 25.8 Å². The van der Waals surface area contributed by atoms with Crippen molar-refractivity contribution in [2.24, 2.45) is 0 Å². The summed E-state index contributed by atoms with van der Waals surface area (Å²) >= 11 is 0. The van der Waals surface area contributed by atoms with E-state index in [1.54, 1.807) is 18.2 Å². The van der Waals surface area contributed by atoms with Crippen molar-refractivity contribution in [3.8, 4) is 0 Å². The molecule has 1 amide bonds. The molecule has 6 nitrogen and oxygen atoms in total. The maximum absolute atomic E-state index is 11.7. The number of rotatable bonds is 9. The van der Waals surface area contributed by atoms with E-state index in [0.29, 0.717) is 6.54 Å². The van der Waals surface area contributed by atoms with Crippen LogP contribution in [-0.2, 0) is 4.79 Å². The van der Waals surface area contributed by atoms with Crippen molar-refractivity contribution in [3.63, 3.8) is 0 Å². The van der Waals surface area contributed by atoms with E-state index in [-0.39, 0.29) is 11.6 Å². The summed E-state index contributed by atoms with van der Waals surface area (Å²) in [6.07, 6.45) is 4.05. The summed E-state index contributed by atoms with van der Waals surface area (Å²) in [5.41, 5.74) is 0.800. The number of nitro groups is 1. The monoisotopic (exact) mass is 306 g/mol. The number of nitrogens with one attached hydrogen (secondary N) is 2. The Kier molecular flexibility index (Phi) is 7.85. The number of hydrogen-bond acceptors (Lipinski definition) is 3. The van der Waals surface area contributed by atoms with Crippen LogP contribution in [0.3, 0.4) is 0 Å². The van der Waals surface area contributed by atoms with Gasteiger partial charge in [0, 0.05) is 31.2 Å². The lowest BCUT2D eigenvalue weighted by Crippen LogP contribution is -3.11. The van der Waals surface area contributed by atoms with E-state index in [9.17, 15) is 14.9 Å². The minimum absolute atomic E-state index is 0.0421. The Morgan fingerprint density at radius 1 is 1.27 bits per heavy atom. The van der Waals surface area contributed by atoms with Crippen LogP contribution in [0, 0.1) is 10.1 Å². The van der Waals surface area contributed by atoms with Gasteiger partial charge in [0.2, 0.25) is 5.91 Å². The molecule has 1 aromatic carbocycles. The largest absolute Gasteiger partial charge is 0.352 e. The fraction of sp³-hybridized carbons (Fsp3) is 0.438. The minimum atomic E-state index is -0.446. The van der Waals surface area contributed by atoms with Gasteiger partial charge in [-0.3, -0.25) is 14.9 Å². The molecule has 0 aliphatic carbocycles. The van der Waals surface area contributed by atoms with E-state index in [2.05, 4.69) is 19.2 Å². The molecule has 0 heterocycles. The van der Waals surface area contributed by atoms with Crippen LogP contribution in [0.4, 0.5) is 5.69 Å². The quantitative estimate of drug-likeness (QED) is 0.310. The molecule has 0 unspecified atom stereocenters. The third-order valence-corrected chi connectivity index (χ3v) is 3.54. The second-order valence-corrected chi connectivity index (χ2v) is 5.03. The average Bonchev–Trinajstić information content (AvgIpc) is 2.53. The molecule has 0 fully saturated rings. The van der Waals surface area contributed by atoms with Gasteiger partial charge in [0.1, 0.15) is 0 Å². The number of amides is 1. The highest BCUT2D eigenvalue weighted by molar-refractivity contribution is 5.91. The lowest BCUT2D eigenvalue weighted by molar-refractivity contribution is -0.896. The van der Waals surface area contributed by atoms with Crippen molar-refractivity contribution >= 4 is 17.7 Å². The molecule has 1 rings (SSSR count). The Morgan fingerprint density at radius 2 is 1.91 bits per heavy atom. The van der Waals surface area contributed by atoms with Gasteiger partial charge < -0.3 is 10.2 Å². The minimum Gasteiger partial charge on any atom is -0.352 e. The van der Waals surface area contributed by atoms with Crippen LogP contribution in [-0.4, -0.2) is 37.0 Å². The maximum Gasteiger partial charge on any atom is 0.269 e. The predicted molar refractivity (Wildman–Crippen MR) is 86.7 cm³/mol. The highest BCUT2D eigenvalue weighted by Gasteiger charge is 2.03. The third kappa shape index (κ3) is 6.49. The van der Waals surface area contributed by atoms with Crippen LogP contribution in [0.25, 0.3) is 6.08 Å². The lowest BCUT2D eigenvalue weighted by Gasteiger charge is -2.14. The van der Waals surface area contributed by atoms with E-state index in [4.69, 9.17) is 0 Å². The second kappa shape index (κ2) is 9.68. The summed E-state index contributed by atoms with van der Waals surface area (Å²) in [5.74, 6) is -0.145. The number of quaternary nitrogens is 1. The first-order chi connectivity index (χ1) is 10.6. The van der Waals surface area contributed by atoms with Crippen molar-refractivity contribution in [2.45, 2.75) is 20.3 Å². The number of nitro benzene ring substituents is 1. The Hall–Kier alpha value is -2.21. The Morgan fingerprint density at radius 3 is 2.45 bits per heavy atom. The molecule has 2 N–H and O–H groups in total. The summed E-state index contributed by atoms with van der Waals surface area (Å²) in [6.45, 7) is 8.23. The number of nitrogens with zero attached hydrogens (tertiary/aromatic N) is 1. The topological polar surface area (TPSA) is 76.7 Å². The zero-order valence-corrected chi connectivity index (χ0v) is 13.2. The van der Waals surface area contributed by atoms with Crippen LogP contribution < -0.4 is 10.2 Å². The number of hydrogen-bond donors (Lipinski definition) is 2. The molecule has 0 radical (unpaired) electrons. The first-order valence-corrected chi connectivity index (χ1v) is 7.60. The third-order valence-electron chi connectivity index (χ3n) is 3.54. The first kappa shape index (κ1) is 17.8. The molecule has 0 saturated heterocycles. The summed E-state index contributed by atoms with van der Waals surface area (Å²) < 4.78 is 0. The van der Waals surface area contributed by atoms with Gasteiger partial charge in [-0.1, -0.05) is 0 Å². The van der Waals surface area contributed by atoms with Gasteiger partial charge in [-0.2, -0.15) is 0 Å². The van der Waals surface area contributed by atoms with Gasteiger partial charge in [0.15, 0.2) is 0 Å². The van der Waals surface area contributed by atoms with Crippen molar-refractivity contribution in [1.82, 2.24) is 5.32 Å². The molecular formula is C16H24N3O3+. The maximum atomic E-state index is 11.7. The zero-order valence-electron chi connectivity index (χ0n) is 13.2. The van der Waals surface area contributed by atoms with Crippen molar-refractivity contribution in [2.75, 3.05) is 26.2 Å². The molecule has 1 aromatic rings. The Bertz CT molecular complexity index is 508. The smallest absolute Gasteiger partial charge is 0.269 e. The molecular weight excluding hydrogens is 282 g/mol. The van der Waals surface area contributed by atoms with Crippen LogP contribution in [0.15, 0.2) is 30.3 Å². The van der Waals surface area contributed by atoms with Crippen LogP contribution in [0.2, 0.25) is 0 Å². The van der Waals surface area contributed by atoms with Crippen molar-refractivity contribution < 1.29 is 14.6 Å². The summed E-state index contributed by atoms with van der Waals surface area (Å²) in [6, 6.07) is 6.08. The van der Waals surface area contributed by atoms with E-state index in [0.717, 1.165) is 31.6 Å². The SMILES string of the molecule is CC[NH+](CC)CCCNC(=O)/C=C/c1ccc([N+](=O)[O-])cc1.